The van der Waals surface area contributed by atoms with Gasteiger partial charge in [-0.1, -0.05) is 42.5 Å². The lowest BCUT2D eigenvalue weighted by molar-refractivity contribution is 0.314. The second-order valence-corrected chi connectivity index (χ2v) is 6.88. The van der Waals surface area contributed by atoms with Crippen molar-refractivity contribution in [3.05, 3.63) is 82.4 Å². The Morgan fingerprint density at radius 1 is 0.931 bits per heavy atom. The van der Waals surface area contributed by atoms with E-state index < -0.39 is 0 Å². The first kappa shape index (κ1) is 17.4. The van der Waals surface area contributed by atoms with E-state index in [9.17, 15) is 4.79 Å². The van der Waals surface area contributed by atoms with Crippen molar-refractivity contribution in [2.24, 2.45) is 0 Å². The molecule has 0 atom stereocenters. The number of aryl methyl sites for hydroxylation is 1. The van der Waals surface area contributed by atoms with Crippen molar-refractivity contribution in [1.29, 1.82) is 0 Å². The van der Waals surface area contributed by atoms with Crippen LogP contribution in [0.15, 0.2) is 74.5 Å². The predicted octanol–water partition coefficient (Wildman–Crippen LogP) is 5.59. The molecule has 0 N–H and O–H groups in total. The Labute approximate surface area is 166 Å². The highest BCUT2D eigenvalue weighted by atomic mass is 16.5. The number of rotatable bonds is 4. The molecule has 0 amide bonds. The molecule has 0 unspecified atom stereocenters. The molecule has 144 valence electrons. The number of benzene rings is 3. The summed E-state index contributed by atoms with van der Waals surface area (Å²) >= 11 is 0. The molecule has 5 heteroatoms. The van der Waals surface area contributed by atoms with E-state index in [1.165, 1.54) is 13.2 Å². The van der Waals surface area contributed by atoms with Crippen molar-refractivity contribution in [1.82, 2.24) is 0 Å². The van der Waals surface area contributed by atoms with Crippen LogP contribution in [0.25, 0.3) is 32.7 Å². The van der Waals surface area contributed by atoms with Crippen molar-refractivity contribution < 1.29 is 18.3 Å². The second-order valence-electron chi connectivity index (χ2n) is 6.88. The predicted molar refractivity (Wildman–Crippen MR) is 112 cm³/mol. The average molecular weight is 386 g/mol. The van der Waals surface area contributed by atoms with E-state index in [0.29, 0.717) is 45.8 Å². The highest BCUT2D eigenvalue weighted by molar-refractivity contribution is 6.06. The summed E-state index contributed by atoms with van der Waals surface area (Å²) < 4.78 is 23.2. The first-order valence-corrected chi connectivity index (χ1v) is 9.28. The molecule has 5 rings (SSSR count). The standard InChI is InChI=1S/C24H18O5/c1-14-12-19(25)20-21(18-10-11-27-22(18)24(26-2)23(20)29-14)28-13-16-8-5-7-15-6-3-4-9-17(15)16/h3-12H,13H2,1-2H3. The van der Waals surface area contributed by atoms with Gasteiger partial charge in [0, 0.05) is 6.07 Å². The normalized spacial score (nSPS) is 11.4. The summed E-state index contributed by atoms with van der Waals surface area (Å²) in [6.07, 6.45) is 1.55. The second kappa shape index (κ2) is 6.71. The molecule has 2 aromatic heterocycles. The van der Waals surface area contributed by atoms with Crippen LogP contribution in [-0.4, -0.2) is 7.11 Å². The Bertz CT molecular complexity index is 1420. The van der Waals surface area contributed by atoms with Gasteiger partial charge < -0.3 is 18.3 Å². The van der Waals surface area contributed by atoms with E-state index in [1.54, 1.807) is 19.3 Å². The van der Waals surface area contributed by atoms with E-state index in [0.717, 1.165) is 16.3 Å². The maximum atomic E-state index is 12.9. The minimum absolute atomic E-state index is 0.182. The number of hydrogen-bond acceptors (Lipinski definition) is 5. The third-order valence-corrected chi connectivity index (χ3v) is 5.08. The quantitative estimate of drug-likeness (QED) is 0.403. The van der Waals surface area contributed by atoms with E-state index in [-0.39, 0.29) is 5.43 Å². The highest BCUT2D eigenvalue weighted by Gasteiger charge is 2.23. The molecule has 0 radical (unpaired) electrons. The van der Waals surface area contributed by atoms with Crippen LogP contribution in [0.4, 0.5) is 0 Å². The molecule has 0 saturated carbocycles. The fourth-order valence-corrected chi connectivity index (χ4v) is 3.79. The molecule has 0 bridgehead atoms. The molecular weight excluding hydrogens is 368 g/mol. The largest absolute Gasteiger partial charge is 0.490 e. The monoisotopic (exact) mass is 386 g/mol. The summed E-state index contributed by atoms with van der Waals surface area (Å²) in [6.45, 7) is 2.03. The molecule has 3 aromatic carbocycles. The van der Waals surface area contributed by atoms with E-state index >= 15 is 0 Å². The van der Waals surface area contributed by atoms with Crippen molar-refractivity contribution >= 4 is 32.7 Å². The van der Waals surface area contributed by atoms with Gasteiger partial charge in [0.25, 0.3) is 0 Å². The first-order valence-electron chi connectivity index (χ1n) is 9.28. The van der Waals surface area contributed by atoms with Gasteiger partial charge in [-0.2, -0.15) is 0 Å². The van der Waals surface area contributed by atoms with Crippen LogP contribution in [0.3, 0.4) is 0 Å². The van der Waals surface area contributed by atoms with Crippen molar-refractivity contribution in [2.75, 3.05) is 7.11 Å². The molecule has 0 aliphatic heterocycles. The summed E-state index contributed by atoms with van der Waals surface area (Å²) in [5, 5.41) is 3.27. The number of methoxy groups -OCH3 is 1. The van der Waals surface area contributed by atoms with Gasteiger partial charge in [0.2, 0.25) is 5.75 Å². The van der Waals surface area contributed by atoms with Crippen LogP contribution in [0.1, 0.15) is 11.3 Å². The molecule has 0 fully saturated rings. The smallest absolute Gasteiger partial charge is 0.206 e. The molecule has 2 heterocycles. The Hall–Kier alpha value is -3.73. The number of ether oxygens (including phenoxy) is 2. The minimum atomic E-state index is -0.182. The van der Waals surface area contributed by atoms with Crippen LogP contribution in [-0.2, 0) is 6.61 Å². The summed E-state index contributed by atoms with van der Waals surface area (Å²) in [7, 11) is 1.52. The third-order valence-electron chi connectivity index (χ3n) is 5.08. The summed E-state index contributed by atoms with van der Waals surface area (Å²) in [5.41, 5.74) is 1.66. The molecule has 0 saturated heterocycles. The Kier molecular flexibility index (Phi) is 4.02. The lowest BCUT2D eigenvalue weighted by atomic mass is 10.1. The van der Waals surface area contributed by atoms with Crippen molar-refractivity contribution in [2.45, 2.75) is 13.5 Å². The van der Waals surface area contributed by atoms with Gasteiger partial charge in [0.15, 0.2) is 16.6 Å². The van der Waals surface area contributed by atoms with Crippen LogP contribution >= 0.6 is 0 Å². The number of fused-ring (bicyclic) bond motifs is 3. The molecule has 5 nitrogen and oxygen atoms in total. The van der Waals surface area contributed by atoms with Crippen LogP contribution < -0.4 is 14.9 Å². The number of furan rings is 1. The summed E-state index contributed by atoms with van der Waals surface area (Å²) in [6, 6.07) is 17.4. The zero-order valence-electron chi connectivity index (χ0n) is 16.0. The van der Waals surface area contributed by atoms with Gasteiger partial charge in [-0.3, -0.25) is 4.79 Å². The zero-order valence-corrected chi connectivity index (χ0v) is 16.0. The maximum absolute atomic E-state index is 12.9. The SMILES string of the molecule is COc1c2occc2c(OCc2cccc3ccccc23)c2c(=O)cc(C)oc12. The molecule has 0 spiro atoms. The van der Waals surface area contributed by atoms with E-state index in [1.807, 2.05) is 24.3 Å². The molecule has 5 aromatic rings. The fourth-order valence-electron chi connectivity index (χ4n) is 3.79. The lowest BCUT2D eigenvalue weighted by Gasteiger charge is -2.14. The van der Waals surface area contributed by atoms with Crippen LogP contribution in [0.5, 0.6) is 11.5 Å². The number of hydrogen-bond donors (Lipinski definition) is 0. The topological polar surface area (TPSA) is 61.8 Å². The maximum Gasteiger partial charge on any atom is 0.206 e. The lowest BCUT2D eigenvalue weighted by Crippen LogP contribution is -2.06. The van der Waals surface area contributed by atoms with Gasteiger partial charge in [0.05, 0.1) is 18.8 Å². The van der Waals surface area contributed by atoms with E-state index in [2.05, 4.69) is 18.2 Å². The molecular formula is C24H18O5. The minimum Gasteiger partial charge on any atom is -0.490 e. The van der Waals surface area contributed by atoms with Crippen LogP contribution in [0.2, 0.25) is 0 Å². The Balaban J connectivity index is 1.72. The Morgan fingerprint density at radius 3 is 2.62 bits per heavy atom. The van der Waals surface area contributed by atoms with Gasteiger partial charge in [-0.15, -0.1) is 0 Å². The Morgan fingerprint density at radius 2 is 1.76 bits per heavy atom. The van der Waals surface area contributed by atoms with Crippen LogP contribution in [0, 0.1) is 6.92 Å². The highest BCUT2D eigenvalue weighted by Crippen LogP contribution is 2.42. The fraction of sp³-hybridized carbons (Fsp3) is 0.125. The average Bonchev–Trinajstić information content (AvgIpc) is 3.20. The van der Waals surface area contributed by atoms with Gasteiger partial charge in [-0.05, 0) is 29.3 Å². The third kappa shape index (κ3) is 2.74. The molecule has 29 heavy (non-hydrogen) atoms. The van der Waals surface area contributed by atoms with Gasteiger partial charge in [-0.25, -0.2) is 0 Å². The van der Waals surface area contributed by atoms with E-state index in [4.69, 9.17) is 18.3 Å². The summed E-state index contributed by atoms with van der Waals surface area (Å²) in [4.78, 5) is 12.9. The zero-order chi connectivity index (χ0) is 20.0. The van der Waals surface area contributed by atoms with Gasteiger partial charge in [0.1, 0.15) is 23.5 Å². The molecule has 0 aliphatic rings. The van der Waals surface area contributed by atoms with Crippen molar-refractivity contribution in [3.63, 3.8) is 0 Å². The summed E-state index contributed by atoms with van der Waals surface area (Å²) in [5.74, 6) is 1.32. The van der Waals surface area contributed by atoms with Gasteiger partial charge >= 0.3 is 0 Å². The van der Waals surface area contributed by atoms with Crippen molar-refractivity contribution in [3.8, 4) is 11.5 Å². The first-order chi connectivity index (χ1) is 14.2. The molecule has 0 aliphatic carbocycles.